The first-order valence-corrected chi connectivity index (χ1v) is 17.8. The van der Waals surface area contributed by atoms with Gasteiger partial charge < -0.3 is 101 Å². The monoisotopic (exact) mass is 826 g/mol. The molecule has 3 heterocycles. The molecule has 3 saturated heterocycles. The van der Waals surface area contributed by atoms with Crippen LogP contribution in [0.1, 0.15) is 6.42 Å². The molecule has 0 aromatic carbocycles. The average Bonchev–Trinajstić information content (AvgIpc) is 3.48. The third-order valence-corrected chi connectivity index (χ3v) is 10.2. The maximum atomic E-state index is 10.6. The number of nitrogens with two attached hydrogens (primary N) is 6. The molecule has 4 aliphatic rings. The lowest BCUT2D eigenvalue weighted by Gasteiger charge is -2.49. The van der Waals surface area contributed by atoms with Crippen LogP contribution in [-0.4, -0.2) is 203 Å². The fourth-order valence-corrected chi connectivity index (χ4v) is 7.51. The molecule has 0 spiro atoms. The van der Waals surface area contributed by atoms with E-state index in [2.05, 4.69) is 0 Å². The van der Waals surface area contributed by atoms with Gasteiger partial charge in [0.15, 0.2) is 18.9 Å². The highest BCUT2D eigenvalue weighted by Crippen LogP contribution is 2.36. The quantitative estimate of drug-likeness (QED) is 0.0788. The summed E-state index contributed by atoms with van der Waals surface area (Å²) in [5.74, 6) is -2.76. The molecule has 0 aromatic heterocycles. The van der Waals surface area contributed by atoms with Crippen LogP contribution in [0.3, 0.4) is 0 Å². The molecular weight excluding hydrogens is 765 g/mol. The largest absolute Gasteiger partial charge is 0.490 e. The SMILES string of the molecule is COC[C@H]1O[C@@H](O[C@@H]2[C@@H](OC)[C@H](N)C[C@H](N)[C@H]2O[C@@H]2O[C@H](CN)[C@@H](OC)[C@H](OC)[C@H]2N)[C@H](OC)[C@@H]1O[C@H]1O[C@@H](CN)[C@@H](OC)[C@H](OC)[C@H]1N.O=C(O)C(F)(F)F. The predicted molar refractivity (Wildman–Crippen MR) is 186 cm³/mol. The van der Waals surface area contributed by atoms with E-state index in [1.54, 1.807) is 21.3 Å². The van der Waals surface area contributed by atoms with Crippen molar-refractivity contribution in [3.8, 4) is 0 Å². The summed E-state index contributed by atoms with van der Waals surface area (Å²) in [6.07, 6.45) is -15.6. The summed E-state index contributed by atoms with van der Waals surface area (Å²) in [7, 11) is 10.8. The van der Waals surface area contributed by atoms with Gasteiger partial charge in [0, 0.05) is 74.9 Å². The van der Waals surface area contributed by atoms with Crippen LogP contribution >= 0.6 is 0 Å². The van der Waals surface area contributed by atoms with Crippen molar-refractivity contribution in [1.82, 2.24) is 0 Å². The Balaban J connectivity index is 0.00000109. The van der Waals surface area contributed by atoms with Crippen molar-refractivity contribution < 1.29 is 84.7 Å². The van der Waals surface area contributed by atoms with Crippen LogP contribution in [0.2, 0.25) is 0 Å². The fraction of sp³-hybridized carbons (Fsp3) is 0.969. The Kier molecular flexibility index (Phi) is 19.4. The molecule has 4 rings (SSSR count). The zero-order chi connectivity index (χ0) is 42.1. The van der Waals surface area contributed by atoms with Crippen LogP contribution in [0.25, 0.3) is 0 Å². The molecule has 1 aliphatic carbocycles. The number of hydrogen-bond acceptors (Lipinski definition) is 20. The highest BCUT2D eigenvalue weighted by Gasteiger charge is 2.56. The number of carbonyl (C=O) groups is 1. The van der Waals surface area contributed by atoms with Gasteiger partial charge in [-0.3, -0.25) is 0 Å². The summed E-state index contributed by atoms with van der Waals surface area (Å²) in [6.45, 7) is 0.411. The summed E-state index contributed by atoms with van der Waals surface area (Å²) < 4.78 is 110. The molecule has 13 N–H and O–H groups in total. The molecule has 56 heavy (non-hydrogen) atoms. The topological polar surface area (TPSA) is 313 Å². The number of rotatable bonds is 16. The van der Waals surface area contributed by atoms with E-state index in [9.17, 15) is 13.2 Å². The van der Waals surface area contributed by atoms with Gasteiger partial charge in [0.05, 0.1) is 18.7 Å². The Labute approximate surface area is 323 Å². The molecule has 19 atom stereocenters. The molecule has 4 fully saturated rings. The van der Waals surface area contributed by atoms with Gasteiger partial charge in [-0.05, 0) is 6.42 Å². The minimum Gasteiger partial charge on any atom is -0.475 e. The highest BCUT2D eigenvalue weighted by molar-refractivity contribution is 5.73. The smallest absolute Gasteiger partial charge is 0.475 e. The zero-order valence-electron chi connectivity index (χ0n) is 32.6. The van der Waals surface area contributed by atoms with Crippen molar-refractivity contribution >= 4 is 5.97 Å². The number of halogens is 3. The normalized spacial score (nSPS) is 43.2. The molecule has 21 nitrogen and oxygen atoms in total. The summed E-state index contributed by atoms with van der Waals surface area (Å²) >= 11 is 0. The molecule has 0 bridgehead atoms. The van der Waals surface area contributed by atoms with Crippen molar-refractivity contribution in [2.75, 3.05) is 69.5 Å². The van der Waals surface area contributed by atoms with Gasteiger partial charge >= 0.3 is 12.1 Å². The third kappa shape index (κ3) is 11.2. The predicted octanol–water partition coefficient (Wildman–Crippen LogP) is -3.68. The maximum absolute atomic E-state index is 10.6. The van der Waals surface area contributed by atoms with Crippen molar-refractivity contribution in [3.63, 3.8) is 0 Å². The number of aliphatic carboxylic acids is 1. The van der Waals surface area contributed by atoms with Gasteiger partial charge in [-0.15, -0.1) is 0 Å². The zero-order valence-corrected chi connectivity index (χ0v) is 32.6. The Hall–Kier alpha value is -1.50. The van der Waals surface area contributed by atoms with Crippen LogP contribution in [0.5, 0.6) is 0 Å². The van der Waals surface area contributed by atoms with Gasteiger partial charge in [0.1, 0.15) is 73.2 Å². The second kappa shape index (κ2) is 22.2. The van der Waals surface area contributed by atoms with Gasteiger partial charge in [-0.2, -0.15) is 13.2 Å². The van der Waals surface area contributed by atoms with Gasteiger partial charge in [0.2, 0.25) is 0 Å². The average molecular weight is 827 g/mol. The second-order valence-corrected chi connectivity index (χ2v) is 13.6. The van der Waals surface area contributed by atoms with Crippen LogP contribution in [0.15, 0.2) is 0 Å². The van der Waals surface area contributed by atoms with Crippen molar-refractivity contribution in [2.45, 2.75) is 129 Å². The number of methoxy groups -OCH3 is 7. The molecule has 3 aliphatic heterocycles. The molecule has 0 amide bonds. The van der Waals surface area contributed by atoms with Gasteiger partial charge in [-0.25, -0.2) is 4.79 Å². The lowest BCUT2D eigenvalue weighted by atomic mass is 9.84. The van der Waals surface area contributed by atoms with Gasteiger partial charge in [0.25, 0.3) is 0 Å². The van der Waals surface area contributed by atoms with E-state index in [4.69, 9.17) is 106 Å². The molecule has 330 valence electrons. The van der Waals surface area contributed by atoms with E-state index < -0.39 is 128 Å². The Morgan fingerprint density at radius 3 is 1.32 bits per heavy atom. The van der Waals surface area contributed by atoms with E-state index in [0.29, 0.717) is 6.42 Å². The number of carboxylic acids is 1. The summed E-state index contributed by atoms with van der Waals surface area (Å²) in [6, 6.07) is -2.61. The minimum atomic E-state index is -5.08. The maximum Gasteiger partial charge on any atom is 0.490 e. The number of hydrogen-bond donors (Lipinski definition) is 7. The van der Waals surface area contributed by atoms with E-state index in [-0.39, 0.29) is 19.7 Å². The minimum absolute atomic E-state index is 0.128. The first kappa shape index (κ1) is 48.9. The van der Waals surface area contributed by atoms with E-state index in [0.717, 1.165) is 0 Å². The molecule has 1 saturated carbocycles. The first-order valence-electron chi connectivity index (χ1n) is 17.8. The summed E-state index contributed by atoms with van der Waals surface area (Å²) in [5, 5.41) is 7.12. The van der Waals surface area contributed by atoms with E-state index >= 15 is 0 Å². The summed E-state index contributed by atoms with van der Waals surface area (Å²) in [5.41, 5.74) is 38.4. The van der Waals surface area contributed by atoms with Crippen LogP contribution in [0, 0.1) is 0 Å². The van der Waals surface area contributed by atoms with Crippen LogP contribution in [-0.2, 0) is 66.4 Å². The highest BCUT2D eigenvalue weighted by atomic mass is 19.4. The Bertz CT molecular complexity index is 1180. The molecule has 0 radical (unpaired) electrons. The molecule has 24 heteroatoms. The van der Waals surface area contributed by atoms with Crippen molar-refractivity contribution in [1.29, 1.82) is 0 Å². The van der Waals surface area contributed by atoms with Crippen molar-refractivity contribution in [3.05, 3.63) is 0 Å². The molecular formula is C32H61F3N6O15. The number of carboxylic acid groups (broad SMARTS) is 1. The molecule has 0 aromatic rings. The third-order valence-electron chi connectivity index (χ3n) is 10.2. The lowest BCUT2D eigenvalue weighted by molar-refractivity contribution is -0.312. The Morgan fingerprint density at radius 2 is 0.946 bits per heavy atom. The molecule has 0 unspecified atom stereocenters. The lowest BCUT2D eigenvalue weighted by Crippen LogP contribution is -2.69. The van der Waals surface area contributed by atoms with E-state index in [1.165, 1.54) is 28.4 Å². The second-order valence-electron chi connectivity index (χ2n) is 13.6. The Morgan fingerprint density at radius 1 is 0.571 bits per heavy atom. The van der Waals surface area contributed by atoms with Crippen LogP contribution in [0.4, 0.5) is 13.2 Å². The standard InChI is InChI=1S/C30H60N6O13.C2HF3O2/c1-37-11-16-23(48-29-18(36)25(42-6)22(40-4)15(10-32)45-29)27(43-7)30(46-16)49-26-19(38-2)12(33)8-13(34)20(26)47-28-17(35)24(41-5)21(39-3)14(9-31)44-28;3-2(4,5)1(6)7/h12-30H,8-11,31-36H2,1-7H3;(H,6,7)/t12-,13+,14-,15+,16-,17-,18-,19+,20-,21-,22-,23-,24-,25-,26-,27-,28+,29-,30+;/m1./s1. The fourth-order valence-electron chi connectivity index (χ4n) is 7.51. The summed E-state index contributed by atoms with van der Waals surface area (Å²) in [4.78, 5) is 8.90. The number of ether oxygens (including phenoxy) is 13. The first-order chi connectivity index (χ1) is 26.5. The van der Waals surface area contributed by atoms with Crippen molar-refractivity contribution in [2.24, 2.45) is 34.4 Å². The number of alkyl halides is 3. The van der Waals surface area contributed by atoms with Gasteiger partial charge in [-0.1, -0.05) is 0 Å². The van der Waals surface area contributed by atoms with Crippen LogP contribution < -0.4 is 34.4 Å². The van der Waals surface area contributed by atoms with E-state index in [1.807, 2.05) is 0 Å².